The standard InChI is InChI=1S/C11H13ClF2N2O2/c1-6(17)16-11-8(13)2-3-9(10(11)14)15-5-7(18)4-12/h2-3,7,15,18H,4-5H2,1H3,(H,16,17). The highest BCUT2D eigenvalue weighted by atomic mass is 35.5. The average molecular weight is 279 g/mol. The Morgan fingerprint density at radius 3 is 2.72 bits per heavy atom. The van der Waals surface area contributed by atoms with E-state index < -0.39 is 29.3 Å². The SMILES string of the molecule is CC(=O)Nc1c(F)ccc(NCC(O)CCl)c1F. The highest BCUT2D eigenvalue weighted by molar-refractivity contribution is 6.18. The molecule has 0 heterocycles. The van der Waals surface area contributed by atoms with Crippen molar-refractivity contribution >= 4 is 28.9 Å². The molecule has 0 aromatic heterocycles. The molecule has 1 aromatic carbocycles. The molecule has 18 heavy (non-hydrogen) atoms. The van der Waals surface area contributed by atoms with Gasteiger partial charge in [-0.3, -0.25) is 4.79 Å². The van der Waals surface area contributed by atoms with E-state index in [4.69, 9.17) is 11.6 Å². The fourth-order valence-corrected chi connectivity index (χ4v) is 1.37. The molecule has 1 amide bonds. The number of carbonyl (C=O) groups excluding carboxylic acids is 1. The molecule has 1 aromatic rings. The monoisotopic (exact) mass is 278 g/mol. The molecule has 0 aliphatic carbocycles. The van der Waals surface area contributed by atoms with Crippen LogP contribution in [-0.4, -0.2) is 29.5 Å². The fraction of sp³-hybridized carbons (Fsp3) is 0.364. The van der Waals surface area contributed by atoms with Crippen LogP contribution in [0.3, 0.4) is 0 Å². The first-order valence-corrected chi connectivity index (χ1v) is 5.72. The van der Waals surface area contributed by atoms with E-state index in [0.717, 1.165) is 13.0 Å². The highest BCUT2D eigenvalue weighted by Gasteiger charge is 2.15. The Labute approximate surface area is 108 Å². The van der Waals surface area contributed by atoms with Gasteiger partial charge in [0.25, 0.3) is 0 Å². The molecule has 100 valence electrons. The van der Waals surface area contributed by atoms with E-state index in [0.29, 0.717) is 0 Å². The minimum Gasteiger partial charge on any atom is -0.390 e. The number of rotatable bonds is 5. The lowest BCUT2D eigenvalue weighted by Gasteiger charge is -2.13. The maximum absolute atomic E-state index is 13.8. The van der Waals surface area contributed by atoms with Gasteiger partial charge in [-0.05, 0) is 12.1 Å². The summed E-state index contributed by atoms with van der Waals surface area (Å²) in [6, 6.07) is 2.20. The van der Waals surface area contributed by atoms with E-state index in [1.54, 1.807) is 0 Å². The second kappa shape index (κ2) is 6.51. The van der Waals surface area contributed by atoms with E-state index in [1.165, 1.54) is 6.07 Å². The Morgan fingerprint density at radius 2 is 2.17 bits per heavy atom. The normalized spacial score (nSPS) is 12.1. The number of benzene rings is 1. The first kappa shape index (κ1) is 14.7. The van der Waals surface area contributed by atoms with E-state index in [-0.39, 0.29) is 18.1 Å². The van der Waals surface area contributed by atoms with Crippen LogP contribution in [0.15, 0.2) is 12.1 Å². The molecular formula is C11H13ClF2N2O2. The summed E-state index contributed by atoms with van der Waals surface area (Å²) < 4.78 is 27.1. The number of aliphatic hydroxyl groups is 1. The summed E-state index contributed by atoms with van der Waals surface area (Å²) in [6.45, 7) is 1.17. The number of nitrogens with one attached hydrogen (secondary N) is 2. The number of hydrogen-bond acceptors (Lipinski definition) is 3. The van der Waals surface area contributed by atoms with Crippen LogP contribution in [0.4, 0.5) is 20.2 Å². The maximum Gasteiger partial charge on any atom is 0.221 e. The number of amides is 1. The van der Waals surface area contributed by atoms with E-state index >= 15 is 0 Å². The molecule has 1 rings (SSSR count). The second-order valence-electron chi connectivity index (χ2n) is 3.65. The summed E-state index contributed by atoms with van der Waals surface area (Å²) in [5.74, 6) is -2.38. The molecule has 1 unspecified atom stereocenters. The van der Waals surface area contributed by atoms with Crippen molar-refractivity contribution < 1.29 is 18.7 Å². The van der Waals surface area contributed by atoms with Gasteiger partial charge in [-0.25, -0.2) is 8.78 Å². The summed E-state index contributed by atoms with van der Waals surface area (Å²) >= 11 is 5.38. The zero-order chi connectivity index (χ0) is 13.7. The molecule has 0 saturated heterocycles. The topological polar surface area (TPSA) is 61.4 Å². The predicted octanol–water partition coefficient (Wildman–Crippen LogP) is 1.93. The third-order valence-electron chi connectivity index (χ3n) is 2.10. The zero-order valence-electron chi connectivity index (χ0n) is 9.64. The number of alkyl halides is 1. The number of anilines is 2. The molecule has 3 N–H and O–H groups in total. The molecule has 0 saturated carbocycles. The average Bonchev–Trinajstić information content (AvgIpc) is 2.32. The Hall–Kier alpha value is -1.40. The van der Waals surface area contributed by atoms with Crippen molar-refractivity contribution in [2.75, 3.05) is 23.1 Å². The fourth-order valence-electron chi connectivity index (χ4n) is 1.26. The molecule has 4 nitrogen and oxygen atoms in total. The molecule has 0 bridgehead atoms. The molecule has 0 radical (unpaired) electrons. The molecule has 0 aliphatic heterocycles. The van der Waals surface area contributed by atoms with Crippen molar-refractivity contribution in [2.45, 2.75) is 13.0 Å². The van der Waals surface area contributed by atoms with Crippen LogP contribution in [0.5, 0.6) is 0 Å². The van der Waals surface area contributed by atoms with Crippen molar-refractivity contribution in [2.24, 2.45) is 0 Å². The predicted molar refractivity (Wildman–Crippen MR) is 65.9 cm³/mol. The van der Waals surface area contributed by atoms with Crippen LogP contribution in [0.1, 0.15) is 6.92 Å². The first-order chi connectivity index (χ1) is 8.45. The molecule has 7 heteroatoms. The largest absolute Gasteiger partial charge is 0.390 e. The highest BCUT2D eigenvalue weighted by Crippen LogP contribution is 2.25. The lowest BCUT2D eigenvalue weighted by atomic mass is 10.2. The van der Waals surface area contributed by atoms with Gasteiger partial charge in [0.15, 0.2) is 5.82 Å². The van der Waals surface area contributed by atoms with Crippen LogP contribution in [0.2, 0.25) is 0 Å². The van der Waals surface area contributed by atoms with E-state index in [2.05, 4.69) is 10.6 Å². The van der Waals surface area contributed by atoms with E-state index in [1.807, 2.05) is 0 Å². The number of hydrogen-bond donors (Lipinski definition) is 3. The maximum atomic E-state index is 13.8. The third kappa shape index (κ3) is 3.82. The van der Waals surface area contributed by atoms with Crippen LogP contribution >= 0.6 is 11.6 Å². The molecule has 0 spiro atoms. The summed E-state index contributed by atoms with van der Waals surface area (Å²) in [4.78, 5) is 10.8. The van der Waals surface area contributed by atoms with Crippen LogP contribution in [0.25, 0.3) is 0 Å². The minimum absolute atomic E-state index is 0.00559. The Bertz CT molecular complexity index is 443. The summed E-state index contributed by atoms with van der Waals surface area (Å²) in [6.07, 6.45) is -0.847. The van der Waals surface area contributed by atoms with Gasteiger partial charge in [-0.15, -0.1) is 11.6 Å². The van der Waals surface area contributed by atoms with Crippen LogP contribution < -0.4 is 10.6 Å². The molecule has 1 atom stereocenters. The van der Waals surface area contributed by atoms with Gasteiger partial charge in [0.2, 0.25) is 5.91 Å². The molecule has 0 aliphatic rings. The van der Waals surface area contributed by atoms with Gasteiger partial charge < -0.3 is 15.7 Å². The summed E-state index contributed by atoms with van der Waals surface area (Å²) in [7, 11) is 0. The van der Waals surface area contributed by atoms with Crippen molar-refractivity contribution in [1.82, 2.24) is 0 Å². The van der Waals surface area contributed by atoms with Crippen LogP contribution in [-0.2, 0) is 4.79 Å². The van der Waals surface area contributed by atoms with E-state index in [9.17, 15) is 18.7 Å². The van der Waals surface area contributed by atoms with Gasteiger partial charge in [-0.1, -0.05) is 0 Å². The number of aliphatic hydroxyl groups excluding tert-OH is 1. The summed E-state index contributed by atoms with van der Waals surface area (Å²) in [5.41, 5.74) is -0.544. The lowest BCUT2D eigenvalue weighted by molar-refractivity contribution is -0.114. The smallest absolute Gasteiger partial charge is 0.221 e. The van der Waals surface area contributed by atoms with Gasteiger partial charge in [0.1, 0.15) is 11.5 Å². The Kier molecular flexibility index (Phi) is 5.30. The molecular weight excluding hydrogens is 266 g/mol. The van der Waals surface area contributed by atoms with Crippen molar-refractivity contribution in [1.29, 1.82) is 0 Å². The number of halogens is 3. The van der Waals surface area contributed by atoms with Gasteiger partial charge in [0.05, 0.1) is 17.7 Å². The van der Waals surface area contributed by atoms with Gasteiger partial charge >= 0.3 is 0 Å². The van der Waals surface area contributed by atoms with Crippen molar-refractivity contribution in [3.05, 3.63) is 23.8 Å². The number of carbonyl (C=O) groups is 1. The van der Waals surface area contributed by atoms with Crippen molar-refractivity contribution in [3.8, 4) is 0 Å². The zero-order valence-corrected chi connectivity index (χ0v) is 10.4. The lowest BCUT2D eigenvalue weighted by Crippen LogP contribution is -2.21. The van der Waals surface area contributed by atoms with Crippen LogP contribution in [0, 0.1) is 11.6 Å². The second-order valence-corrected chi connectivity index (χ2v) is 3.96. The quantitative estimate of drug-likeness (QED) is 0.721. The minimum atomic E-state index is -0.924. The molecule has 0 fully saturated rings. The first-order valence-electron chi connectivity index (χ1n) is 5.19. The Morgan fingerprint density at radius 1 is 1.50 bits per heavy atom. The van der Waals surface area contributed by atoms with Crippen molar-refractivity contribution in [3.63, 3.8) is 0 Å². The third-order valence-corrected chi connectivity index (χ3v) is 2.45. The Balaban J connectivity index is 2.90. The van der Waals surface area contributed by atoms with Gasteiger partial charge in [-0.2, -0.15) is 0 Å². The summed E-state index contributed by atoms with van der Waals surface area (Å²) in [5, 5.41) is 13.9. The van der Waals surface area contributed by atoms with Gasteiger partial charge in [0, 0.05) is 13.5 Å².